The maximum absolute atomic E-state index is 10.6. The number of aliphatic carboxylic acids is 1. The van der Waals surface area contributed by atoms with Crippen LogP contribution in [0.25, 0.3) is 0 Å². The van der Waals surface area contributed by atoms with Crippen LogP contribution < -0.4 is 4.74 Å². The summed E-state index contributed by atoms with van der Waals surface area (Å²) >= 11 is 5.13. The highest BCUT2D eigenvalue weighted by atomic mass is 79.9. The van der Waals surface area contributed by atoms with Gasteiger partial charge in [0.05, 0.1) is 13.5 Å². The van der Waals surface area contributed by atoms with Crippen LogP contribution in [0, 0.1) is 0 Å². The van der Waals surface area contributed by atoms with Crippen molar-refractivity contribution < 1.29 is 14.6 Å². The van der Waals surface area contributed by atoms with Crippen LogP contribution in [0.3, 0.4) is 0 Å². The van der Waals surface area contributed by atoms with Gasteiger partial charge in [-0.15, -0.1) is 0 Å². The quantitative estimate of drug-likeness (QED) is 0.874. The highest BCUT2D eigenvalue weighted by Gasteiger charge is 2.05. The molecule has 1 N–H and O–H groups in total. The summed E-state index contributed by atoms with van der Waals surface area (Å²) in [6.45, 7) is 0. The second kappa shape index (κ2) is 6.81. The largest absolute Gasteiger partial charge is 0.497 e. The zero-order valence-corrected chi connectivity index (χ0v) is 13.2. The molecule has 0 atom stereocenters. The smallest absolute Gasteiger partial charge is 0.307 e. The topological polar surface area (TPSA) is 46.5 Å². The molecule has 0 saturated carbocycles. The van der Waals surface area contributed by atoms with Crippen molar-refractivity contribution in [2.75, 3.05) is 7.11 Å². The number of carboxylic acids is 1. The van der Waals surface area contributed by atoms with Crippen molar-refractivity contribution in [3.8, 4) is 5.75 Å². The maximum atomic E-state index is 10.6. The van der Waals surface area contributed by atoms with Gasteiger partial charge in [0, 0.05) is 14.3 Å². The minimum Gasteiger partial charge on any atom is -0.497 e. The SMILES string of the molecule is COc1ccc(Sc2ccc(CC(=O)O)cc2)c(Br)c1. The molecule has 0 aliphatic rings. The lowest BCUT2D eigenvalue weighted by Gasteiger charge is -2.07. The van der Waals surface area contributed by atoms with E-state index in [0.717, 1.165) is 25.6 Å². The van der Waals surface area contributed by atoms with Crippen LogP contribution in [0.1, 0.15) is 5.56 Å². The normalized spacial score (nSPS) is 10.3. The third kappa shape index (κ3) is 4.02. The Morgan fingerprint density at radius 3 is 2.50 bits per heavy atom. The first-order valence-electron chi connectivity index (χ1n) is 5.90. The molecule has 2 aromatic rings. The predicted octanol–water partition coefficient (Wildman–Crippen LogP) is 4.24. The summed E-state index contributed by atoms with van der Waals surface area (Å²) in [6, 6.07) is 13.4. The molecule has 0 unspecified atom stereocenters. The number of benzene rings is 2. The summed E-state index contributed by atoms with van der Waals surface area (Å²) in [6.07, 6.45) is 0.0528. The lowest BCUT2D eigenvalue weighted by molar-refractivity contribution is -0.136. The molecule has 2 aromatic carbocycles. The Balaban J connectivity index is 2.12. The van der Waals surface area contributed by atoms with Crippen molar-refractivity contribution >= 4 is 33.7 Å². The molecule has 0 amide bonds. The number of rotatable bonds is 5. The molecule has 5 heteroatoms. The molecule has 0 bridgehead atoms. The summed E-state index contributed by atoms with van der Waals surface area (Å²) in [4.78, 5) is 12.8. The Morgan fingerprint density at radius 2 is 1.95 bits per heavy atom. The number of ether oxygens (including phenoxy) is 1. The van der Waals surface area contributed by atoms with E-state index in [-0.39, 0.29) is 6.42 Å². The van der Waals surface area contributed by atoms with E-state index >= 15 is 0 Å². The summed E-state index contributed by atoms with van der Waals surface area (Å²) < 4.78 is 6.13. The molecule has 0 heterocycles. The van der Waals surface area contributed by atoms with Crippen LogP contribution >= 0.6 is 27.7 Å². The second-order valence-electron chi connectivity index (χ2n) is 4.11. The number of halogens is 1. The van der Waals surface area contributed by atoms with E-state index in [0.29, 0.717) is 0 Å². The number of carboxylic acid groups (broad SMARTS) is 1. The van der Waals surface area contributed by atoms with Gasteiger partial charge in [0.15, 0.2) is 0 Å². The molecule has 0 radical (unpaired) electrons. The third-order valence-corrected chi connectivity index (χ3v) is 4.65. The van der Waals surface area contributed by atoms with Gasteiger partial charge >= 0.3 is 5.97 Å². The number of hydrogen-bond donors (Lipinski definition) is 1. The monoisotopic (exact) mass is 352 g/mol. The van der Waals surface area contributed by atoms with E-state index in [1.54, 1.807) is 18.9 Å². The van der Waals surface area contributed by atoms with E-state index in [2.05, 4.69) is 15.9 Å². The van der Waals surface area contributed by atoms with Crippen LogP contribution in [0.4, 0.5) is 0 Å². The average Bonchev–Trinajstić information content (AvgIpc) is 2.42. The van der Waals surface area contributed by atoms with Crippen LogP contribution in [0.5, 0.6) is 5.75 Å². The number of methoxy groups -OCH3 is 1. The Hall–Kier alpha value is -1.46. The fourth-order valence-electron chi connectivity index (χ4n) is 1.67. The molecule has 0 spiro atoms. The highest BCUT2D eigenvalue weighted by Crippen LogP contribution is 2.35. The van der Waals surface area contributed by atoms with Crippen LogP contribution in [0.2, 0.25) is 0 Å². The zero-order valence-electron chi connectivity index (χ0n) is 10.8. The molecule has 104 valence electrons. The van der Waals surface area contributed by atoms with Crippen molar-refractivity contribution in [3.05, 3.63) is 52.5 Å². The molecule has 20 heavy (non-hydrogen) atoms. The molecule has 0 aromatic heterocycles. The Kier molecular flexibility index (Phi) is 5.09. The lowest BCUT2D eigenvalue weighted by Crippen LogP contribution is -1.99. The minimum absolute atomic E-state index is 0.0528. The van der Waals surface area contributed by atoms with Crippen LogP contribution in [-0.2, 0) is 11.2 Å². The van der Waals surface area contributed by atoms with Crippen molar-refractivity contribution in [2.45, 2.75) is 16.2 Å². The molecule has 0 aliphatic heterocycles. The van der Waals surface area contributed by atoms with Gasteiger partial charge in [0.25, 0.3) is 0 Å². The third-order valence-electron chi connectivity index (χ3n) is 2.65. The van der Waals surface area contributed by atoms with Gasteiger partial charge in [-0.05, 0) is 51.8 Å². The zero-order chi connectivity index (χ0) is 14.5. The Bertz CT molecular complexity index is 611. The summed E-state index contributed by atoms with van der Waals surface area (Å²) in [5.74, 6) is -0.0127. The van der Waals surface area contributed by atoms with Gasteiger partial charge in [0.1, 0.15) is 5.75 Å². The lowest BCUT2D eigenvalue weighted by atomic mass is 10.2. The molecule has 3 nitrogen and oxygen atoms in total. The van der Waals surface area contributed by atoms with Crippen molar-refractivity contribution in [3.63, 3.8) is 0 Å². The second-order valence-corrected chi connectivity index (χ2v) is 6.08. The van der Waals surface area contributed by atoms with Gasteiger partial charge in [-0.1, -0.05) is 23.9 Å². The average molecular weight is 353 g/mol. The van der Waals surface area contributed by atoms with E-state index < -0.39 is 5.97 Å². The van der Waals surface area contributed by atoms with Gasteiger partial charge in [0.2, 0.25) is 0 Å². The summed E-state index contributed by atoms with van der Waals surface area (Å²) in [5.41, 5.74) is 0.802. The minimum atomic E-state index is -0.816. The Morgan fingerprint density at radius 1 is 1.25 bits per heavy atom. The number of hydrogen-bond acceptors (Lipinski definition) is 3. The first-order chi connectivity index (χ1) is 9.58. The van der Waals surface area contributed by atoms with Gasteiger partial charge < -0.3 is 9.84 Å². The van der Waals surface area contributed by atoms with E-state index in [1.807, 2.05) is 42.5 Å². The predicted molar refractivity (Wildman–Crippen MR) is 82.6 cm³/mol. The van der Waals surface area contributed by atoms with Crippen molar-refractivity contribution in [2.24, 2.45) is 0 Å². The summed E-state index contributed by atoms with van der Waals surface area (Å²) in [7, 11) is 1.63. The molecular weight excluding hydrogens is 340 g/mol. The molecular formula is C15H13BrO3S. The first-order valence-corrected chi connectivity index (χ1v) is 7.51. The number of carbonyl (C=O) groups is 1. The van der Waals surface area contributed by atoms with Crippen molar-refractivity contribution in [1.29, 1.82) is 0 Å². The van der Waals surface area contributed by atoms with E-state index in [4.69, 9.17) is 9.84 Å². The standard InChI is InChI=1S/C15H13BrO3S/c1-19-11-4-7-14(13(16)9-11)20-12-5-2-10(3-6-12)8-15(17)18/h2-7,9H,8H2,1H3,(H,17,18). The molecule has 2 rings (SSSR count). The fourth-order valence-corrected chi connectivity index (χ4v) is 3.09. The molecule has 0 fully saturated rings. The van der Waals surface area contributed by atoms with E-state index in [9.17, 15) is 4.79 Å². The van der Waals surface area contributed by atoms with E-state index in [1.165, 1.54) is 0 Å². The fraction of sp³-hybridized carbons (Fsp3) is 0.133. The van der Waals surface area contributed by atoms with Gasteiger partial charge in [-0.2, -0.15) is 0 Å². The first kappa shape index (κ1) is 14.9. The van der Waals surface area contributed by atoms with Gasteiger partial charge in [-0.25, -0.2) is 0 Å². The van der Waals surface area contributed by atoms with Gasteiger partial charge in [-0.3, -0.25) is 4.79 Å². The highest BCUT2D eigenvalue weighted by molar-refractivity contribution is 9.10. The Labute approximate surface area is 130 Å². The molecule has 0 saturated heterocycles. The van der Waals surface area contributed by atoms with Crippen LogP contribution in [0.15, 0.2) is 56.7 Å². The van der Waals surface area contributed by atoms with Crippen molar-refractivity contribution in [1.82, 2.24) is 0 Å². The summed E-state index contributed by atoms with van der Waals surface area (Å²) in [5, 5.41) is 8.73. The molecule has 0 aliphatic carbocycles. The maximum Gasteiger partial charge on any atom is 0.307 e. The van der Waals surface area contributed by atoms with Crippen LogP contribution in [-0.4, -0.2) is 18.2 Å².